The highest BCUT2D eigenvalue weighted by atomic mass is 32.1. The van der Waals surface area contributed by atoms with Crippen molar-refractivity contribution in [3.8, 4) is 0 Å². The first-order valence-electron chi connectivity index (χ1n) is 9.11. The molecule has 0 saturated carbocycles. The first-order chi connectivity index (χ1) is 13.9. The van der Waals surface area contributed by atoms with Gasteiger partial charge in [-0.2, -0.15) is 0 Å². The van der Waals surface area contributed by atoms with Crippen molar-refractivity contribution in [2.75, 3.05) is 5.32 Å². The number of carbonyl (C=O) groups is 1. The summed E-state index contributed by atoms with van der Waals surface area (Å²) in [6.45, 7) is 4.03. The zero-order valence-corrected chi connectivity index (χ0v) is 16.9. The summed E-state index contributed by atoms with van der Waals surface area (Å²) >= 11 is 0.799. The van der Waals surface area contributed by atoms with Crippen LogP contribution in [-0.2, 0) is 0 Å². The molecule has 1 unspecified atom stereocenters. The zero-order valence-electron chi connectivity index (χ0n) is 16.1. The number of thiophene rings is 1. The number of halogens is 2. The van der Waals surface area contributed by atoms with E-state index in [0.29, 0.717) is 5.69 Å². The SMILES string of the molecule is CC1=CN=C(NC=CNC(C)c2cccc(NC(=O)c3ccc(C(F)F)s3)c2)C1. The Labute approximate surface area is 172 Å². The number of aliphatic imine (C=N–C) groups is 1. The molecule has 0 saturated heterocycles. The maximum absolute atomic E-state index is 12.7. The minimum atomic E-state index is -2.57. The molecule has 1 aromatic heterocycles. The quantitative estimate of drug-likeness (QED) is 0.570. The van der Waals surface area contributed by atoms with Crippen molar-refractivity contribution < 1.29 is 13.6 Å². The standard InChI is InChI=1S/C21H22F2N4OS/c1-13-10-19(26-12-13)25-9-8-24-14(2)15-4-3-5-16(11-15)27-21(28)18-7-6-17(29-18)20(22)23/h3-9,11-12,14,20,24H,10H2,1-2H3,(H,25,26)(H,27,28). The number of nitrogens with one attached hydrogen (secondary N) is 3. The van der Waals surface area contributed by atoms with E-state index < -0.39 is 12.3 Å². The van der Waals surface area contributed by atoms with Crippen molar-refractivity contribution in [1.29, 1.82) is 0 Å². The minimum Gasteiger partial charge on any atom is -0.383 e. The van der Waals surface area contributed by atoms with Crippen LogP contribution in [0.5, 0.6) is 0 Å². The van der Waals surface area contributed by atoms with Gasteiger partial charge in [-0.3, -0.25) is 4.79 Å². The molecule has 2 heterocycles. The van der Waals surface area contributed by atoms with E-state index in [0.717, 1.165) is 29.2 Å². The van der Waals surface area contributed by atoms with Crippen LogP contribution in [0.25, 0.3) is 0 Å². The molecule has 8 heteroatoms. The number of benzene rings is 1. The molecule has 3 rings (SSSR count). The van der Waals surface area contributed by atoms with Crippen LogP contribution in [0.3, 0.4) is 0 Å². The van der Waals surface area contributed by atoms with Crippen LogP contribution in [0.4, 0.5) is 14.5 Å². The van der Waals surface area contributed by atoms with Gasteiger partial charge < -0.3 is 16.0 Å². The normalized spacial score (nSPS) is 14.7. The van der Waals surface area contributed by atoms with E-state index in [1.54, 1.807) is 12.3 Å². The Bertz CT molecular complexity index is 965. The molecule has 1 aromatic carbocycles. The molecular formula is C21H22F2N4OS. The predicted molar refractivity (Wildman–Crippen MR) is 113 cm³/mol. The van der Waals surface area contributed by atoms with E-state index in [1.165, 1.54) is 17.7 Å². The summed E-state index contributed by atoms with van der Waals surface area (Å²) in [5.74, 6) is 0.506. The van der Waals surface area contributed by atoms with E-state index in [9.17, 15) is 13.6 Å². The van der Waals surface area contributed by atoms with Gasteiger partial charge in [0.05, 0.1) is 9.75 Å². The summed E-state index contributed by atoms with van der Waals surface area (Å²) in [7, 11) is 0. The fraction of sp³-hybridized carbons (Fsp3) is 0.238. The largest absolute Gasteiger partial charge is 0.383 e. The summed E-state index contributed by atoms with van der Waals surface area (Å²) < 4.78 is 25.4. The molecule has 1 atom stereocenters. The summed E-state index contributed by atoms with van der Waals surface area (Å²) in [6.07, 6.45) is 3.70. The number of hydrogen-bond donors (Lipinski definition) is 3. The van der Waals surface area contributed by atoms with E-state index in [4.69, 9.17) is 0 Å². The average Bonchev–Trinajstić information content (AvgIpc) is 3.34. The second kappa shape index (κ2) is 9.47. The Kier molecular flexibility index (Phi) is 6.77. The van der Waals surface area contributed by atoms with Crippen LogP contribution in [0.2, 0.25) is 0 Å². The maximum atomic E-state index is 12.7. The van der Waals surface area contributed by atoms with Gasteiger partial charge in [0, 0.05) is 36.7 Å². The molecule has 29 heavy (non-hydrogen) atoms. The smallest absolute Gasteiger partial charge is 0.272 e. The number of alkyl halides is 2. The van der Waals surface area contributed by atoms with E-state index in [-0.39, 0.29) is 15.8 Å². The van der Waals surface area contributed by atoms with Gasteiger partial charge in [-0.15, -0.1) is 11.3 Å². The van der Waals surface area contributed by atoms with Crippen molar-refractivity contribution in [2.24, 2.45) is 4.99 Å². The lowest BCUT2D eigenvalue weighted by Crippen LogP contribution is -2.18. The van der Waals surface area contributed by atoms with E-state index >= 15 is 0 Å². The van der Waals surface area contributed by atoms with Gasteiger partial charge in [0.1, 0.15) is 5.84 Å². The van der Waals surface area contributed by atoms with Crippen LogP contribution in [0.15, 0.2) is 65.6 Å². The average molecular weight is 416 g/mol. The van der Waals surface area contributed by atoms with Crippen LogP contribution in [0.1, 0.15) is 52.8 Å². The molecule has 1 amide bonds. The Morgan fingerprint density at radius 3 is 2.76 bits per heavy atom. The Hall–Kier alpha value is -3.00. The van der Waals surface area contributed by atoms with Gasteiger partial charge in [0.2, 0.25) is 0 Å². The molecule has 0 spiro atoms. The molecule has 0 bridgehead atoms. The highest BCUT2D eigenvalue weighted by molar-refractivity contribution is 7.14. The summed E-state index contributed by atoms with van der Waals surface area (Å²) in [5, 5.41) is 9.14. The second-order valence-electron chi connectivity index (χ2n) is 6.68. The van der Waals surface area contributed by atoms with Crippen molar-refractivity contribution >= 4 is 28.8 Å². The Morgan fingerprint density at radius 1 is 1.24 bits per heavy atom. The number of anilines is 1. The Morgan fingerprint density at radius 2 is 2.07 bits per heavy atom. The predicted octanol–water partition coefficient (Wildman–Crippen LogP) is 5.36. The third-order valence-corrected chi connectivity index (χ3v) is 5.37. The highest BCUT2D eigenvalue weighted by Gasteiger charge is 2.15. The molecule has 152 valence electrons. The van der Waals surface area contributed by atoms with Crippen LogP contribution >= 0.6 is 11.3 Å². The summed E-state index contributed by atoms with van der Waals surface area (Å²) in [4.78, 5) is 16.7. The lowest BCUT2D eigenvalue weighted by atomic mass is 10.1. The van der Waals surface area contributed by atoms with E-state index in [1.807, 2.05) is 44.4 Å². The minimum absolute atomic E-state index is 0.00227. The molecule has 0 aliphatic carbocycles. The summed E-state index contributed by atoms with van der Waals surface area (Å²) in [5.41, 5.74) is 2.80. The third kappa shape index (κ3) is 5.74. The molecule has 0 radical (unpaired) electrons. The number of amidine groups is 1. The van der Waals surface area contributed by atoms with E-state index in [2.05, 4.69) is 20.9 Å². The highest BCUT2D eigenvalue weighted by Crippen LogP contribution is 2.27. The zero-order chi connectivity index (χ0) is 20.8. The fourth-order valence-corrected chi connectivity index (χ4v) is 3.49. The molecule has 0 fully saturated rings. The van der Waals surface area contributed by atoms with Crippen molar-refractivity contribution in [2.45, 2.75) is 32.7 Å². The molecule has 2 aromatic rings. The monoisotopic (exact) mass is 416 g/mol. The van der Waals surface area contributed by atoms with Gasteiger partial charge in [-0.05, 0) is 49.2 Å². The number of amides is 1. The number of nitrogens with zero attached hydrogens (tertiary/aromatic N) is 1. The maximum Gasteiger partial charge on any atom is 0.272 e. The molecular weight excluding hydrogens is 394 g/mol. The Balaban J connectivity index is 1.54. The molecule has 1 aliphatic rings. The van der Waals surface area contributed by atoms with Gasteiger partial charge in [-0.1, -0.05) is 12.1 Å². The van der Waals surface area contributed by atoms with Gasteiger partial charge >= 0.3 is 0 Å². The number of carbonyl (C=O) groups excluding carboxylic acids is 1. The molecule has 3 N–H and O–H groups in total. The lowest BCUT2D eigenvalue weighted by molar-refractivity contribution is 0.103. The second-order valence-corrected chi connectivity index (χ2v) is 7.79. The van der Waals surface area contributed by atoms with Crippen LogP contribution in [0, 0.1) is 0 Å². The topological polar surface area (TPSA) is 65.5 Å². The summed E-state index contributed by atoms with van der Waals surface area (Å²) in [6, 6.07) is 10.1. The van der Waals surface area contributed by atoms with Crippen molar-refractivity contribution in [3.63, 3.8) is 0 Å². The van der Waals surface area contributed by atoms with Gasteiger partial charge in [0.25, 0.3) is 12.3 Å². The third-order valence-electron chi connectivity index (χ3n) is 4.28. The molecule has 5 nitrogen and oxygen atoms in total. The van der Waals surface area contributed by atoms with Gasteiger partial charge in [0.15, 0.2) is 0 Å². The molecule has 1 aliphatic heterocycles. The number of hydrogen-bond acceptors (Lipinski definition) is 5. The van der Waals surface area contributed by atoms with Crippen molar-refractivity contribution in [3.05, 3.63) is 75.9 Å². The fourth-order valence-electron chi connectivity index (χ4n) is 2.73. The lowest BCUT2D eigenvalue weighted by Gasteiger charge is -2.14. The van der Waals surface area contributed by atoms with Crippen molar-refractivity contribution in [1.82, 2.24) is 10.6 Å². The van der Waals surface area contributed by atoms with Crippen LogP contribution < -0.4 is 16.0 Å². The van der Waals surface area contributed by atoms with Crippen LogP contribution in [-0.4, -0.2) is 11.7 Å². The first kappa shape index (κ1) is 20.7. The van der Waals surface area contributed by atoms with Gasteiger partial charge in [-0.25, -0.2) is 13.8 Å². The first-order valence-corrected chi connectivity index (χ1v) is 9.93. The number of rotatable bonds is 7.